The first kappa shape index (κ1) is 21.0. The Morgan fingerprint density at radius 2 is 1.90 bits per heavy atom. The molecule has 0 radical (unpaired) electrons. The number of carbonyl (C=O) groups excluding carboxylic acids is 2. The van der Waals surface area contributed by atoms with E-state index in [9.17, 15) is 9.59 Å². The molecular weight excluding hydrogens is 366 g/mol. The number of methoxy groups -OCH3 is 1. The average Bonchev–Trinajstić information content (AvgIpc) is 3.04. The summed E-state index contributed by atoms with van der Waals surface area (Å²) < 4.78 is 5.07. The highest BCUT2D eigenvalue weighted by Gasteiger charge is 2.55. The SMILES string of the molecule is COC(=O)[C@]1(C)C[C@H](C(=O)N(C)CCc2ccccn2)[C@H](c2ccccc2)N1C. The topological polar surface area (TPSA) is 62.7 Å². The van der Waals surface area contributed by atoms with Crippen LogP contribution in [0.3, 0.4) is 0 Å². The molecule has 0 saturated carbocycles. The molecule has 3 atom stereocenters. The van der Waals surface area contributed by atoms with E-state index in [0.29, 0.717) is 19.4 Å². The summed E-state index contributed by atoms with van der Waals surface area (Å²) in [5, 5.41) is 0. The molecule has 1 amide bonds. The van der Waals surface area contributed by atoms with Gasteiger partial charge in [-0.25, -0.2) is 0 Å². The summed E-state index contributed by atoms with van der Waals surface area (Å²) in [6.45, 7) is 2.43. The Morgan fingerprint density at radius 1 is 1.21 bits per heavy atom. The van der Waals surface area contributed by atoms with Gasteiger partial charge in [0.2, 0.25) is 5.91 Å². The van der Waals surface area contributed by atoms with Gasteiger partial charge in [0, 0.05) is 37.9 Å². The zero-order valence-electron chi connectivity index (χ0n) is 17.5. The molecule has 1 saturated heterocycles. The van der Waals surface area contributed by atoms with Crippen LogP contribution in [-0.2, 0) is 20.7 Å². The van der Waals surface area contributed by atoms with E-state index in [1.165, 1.54) is 7.11 Å². The Kier molecular flexibility index (Phi) is 6.33. The second-order valence-corrected chi connectivity index (χ2v) is 7.87. The number of hydrogen-bond acceptors (Lipinski definition) is 5. The van der Waals surface area contributed by atoms with Gasteiger partial charge in [0.25, 0.3) is 0 Å². The Morgan fingerprint density at radius 3 is 2.52 bits per heavy atom. The van der Waals surface area contributed by atoms with E-state index in [2.05, 4.69) is 4.98 Å². The fourth-order valence-corrected chi connectivity index (χ4v) is 4.26. The van der Waals surface area contributed by atoms with Crippen LogP contribution in [0.5, 0.6) is 0 Å². The molecule has 1 aromatic carbocycles. The number of likely N-dealkylation sites (tertiary alicyclic amines) is 1. The summed E-state index contributed by atoms with van der Waals surface area (Å²) in [5.41, 5.74) is 1.13. The minimum Gasteiger partial charge on any atom is -0.468 e. The Balaban J connectivity index is 1.83. The van der Waals surface area contributed by atoms with E-state index in [1.807, 2.05) is 74.4 Å². The molecule has 1 aliphatic rings. The van der Waals surface area contributed by atoms with Crippen molar-refractivity contribution in [2.24, 2.45) is 5.92 Å². The van der Waals surface area contributed by atoms with Crippen molar-refractivity contribution >= 4 is 11.9 Å². The number of hydrogen-bond donors (Lipinski definition) is 0. The van der Waals surface area contributed by atoms with E-state index < -0.39 is 5.54 Å². The minimum absolute atomic E-state index is 0.0364. The van der Waals surface area contributed by atoms with Crippen LogP contribution in [0.4, 0.5) is 0 Å². The molecule has 1 aliphatic heterocycles. The normalized spacial score (nSPS) is 24.3. The highest BCUT2D eigenvalue weighted by Crippen LogP contribution is 2.46. The first-order chi connectivity index (χ1) is 13.9. The molecular formula is C23H29N3O3. The summed E-state index contributed by atoms with van der Waals surface area (Å²) in [5.74, 6) is -0.609. The standard InChI is InChI=1S/C23H29N3O3/c1-23(22(28)29-4)16-19(20(26(23)3)17-10-6-5-7-11-17)21(27)25(2)15-13-18-12-8-9-14-24-18/h5-12,14,19-20H,13,15-16H2,1-4H3/t19-,20-,23-/m0/s1. The number of benzene rings is 1. The van der Waals surface area contributed by atoms with E-state index in [4.69, 9.17) is 4.74 Å². The van der Waals surface area contributed by atoms with Crippen molar-refractivity contribution in [1.82, 2.24) is 14.8 Å². The van der Waals surface area contributed by atoms with Gasteiger partial charge in [-0.1, -0.05) is 36.4 Å². The molecule has 6 nitrogen and oxygen atoms in total. The molecule has 29 heavy (non-hydrogen) atoms. The number of rotatable bonds is 6. The Bertz CT molecular complexity index is 843. The zero-order valence-corrected chi connectivity index (χ0v) is 17.5. The van der Waals surface area contributed by atoms with Gasteiger partial charge in [-0.2, -0.15) is 0 Å². The lowest BCUT2D eigenvalue weighted by atomic mass is 9.89. The van der Waals surface area contributed by atoms with Gasteiger partial charge in [-0.05, 0) is 38.1 Å². The summed E-state index contributed by atoms with van der Waals surface area (Å²) in [6, 6.07) is 15.5. The fraction of sp³-hybridized carbons (Fsp3) is 0.435. The maximum atomic E-state index is 13.4. The predicted octanol–water partition coefficient (Wildman–Crippen LogP) is 2.71. The molecule has 2 aromatic rings. The van der Waals surface area contributed by atoms with Gasteiger partial charge >= 0.3 is 5.97 Å². The molecule has 0 unspecified atom stereocenters. The van der Waals surface area contributed by atoms with Crippen LogP contribution in [-0.4, -0.2) is 59.9 Å². The van der Waals surface area contributed by atoms with Crippen molar-refractivity contribution in [3.05, 3.63) is 66.0 Å². The van der Waals surface area contributed by atoms with E-state index in [-0.39, 0.29) is 23.8 Å². The highest BCUT2D eigenvalue weighted by atomic mass is 16.5. The van der Waals surface area contributed by atoms with E-state index in [0.717, 1.165) is 11.3 Å². The van der Waals surface area contributed by atoms with Gasteiger partial charge in [-0.3, -0.25) is 19.5 Å². The summed E-state index contributed by atoms with van der Waals surface area (Å²) in [7, 11) is 5.12. The number of amides is 1. The van der Waals surface area contributed by atoms with Crippen molar-refractivity contribution in [2.75, 3.05) is 27.7 Å². The lowest BCUT2D eigenvalue weighted by Gasteiger charge is -2.33. The zero-order chi connectivity index (χ0) is 21.0. The molecule has 1 fully saturated rings. The average molecular weight is 396 g/mol. The van der Waals surface area contributed by atoms with Gasteiger partial charge in [0.05, 0.1) is 13.0 Å². The quantitative estimate of drug-likeness (QED) is 0.704. The monoisotopic (exact) mass is 395 g/mol. The van der Waals surface area contributed by atoms with Crippen LogP contribution in [0.2, 0.25) is 0 Å². The van der Waals surface area contributed by atoms with Crippen LogP contribution in [0.1, 0.15) is 30.6 Å². The Labute approximate surface area is 172 Å². The maximum absolute atomic E-state index is 13.4. The molecule has 2 heterocycles. The highest BCUT2D eigenvalue weighted by molar-refractivity contribution is 5.86. The van der Waals surface area contributed by atoms with Gasteiger partial charge in [0.1, 0.15) is 5.54 Å². The van der Waals surface area contributed by atoms with Crippen LogP contribution >= 0.6 is 0 Å². The molecule has 0 spiro atoms. The van der Waals surface area contributed by atoms with Crippen molar-refractivity contribution in [1.29, 1.82) is 0 Å². The lowest BCUT2D eigenvalue weighted by Crippen LogP contribution is -2.47. The van der Waals surface area contributed by atoms with Crippen LogP contribution in [0, 0.1) is 5.92 Å². The van der Waals surface area contributed by atoms with Crippen LogP contribution in [0.15, 0.2) is 54.7 Å². The van der Waals surface area contributed by atoms with Crippen molar-refractivity contribution in [3.8, 4) is 0 Å². The first-order valence-electron chi connectivity index (χ1n) is 9.89. The third-order valence-corrected chi connectivity index (χ3v) is 6.08. The molecule has 1 aromatic heterocycles. The van der Waals surface area contributed by atoms with Gasteiger partial charge < -0.3 is 9.64 Å². The second-order valence-electron chi connectivity index (χ2n) is 7.87. The second kappa shape index (κ2) is 8.74. The summed E-state index contributed by atoms with van der Waals surface area (Å²) in [4.78, 5) is 34.1. The third kappa shape index (κ3) is 4.17. The summed E-state index contributed by atoms with van der Waals surface area (Å²) >= 11 is 0. The smallest absolute Gasteiger partial charge is 0.326 e. The molecule has 0 aliphatic carbocycles. The maximum Gasteiger partial charge on any atom is 0.326 e. The number of ether oxygens (including phenoxy) is 1. The number of aromatic nitrogens is 1. The molecule has 154 valence electrons. The number of pyridine rings is 1. The number of likely N-dealkylation sites (N-methyl/N-ethyl adjacent to an activating group) is 2. The van der Waals surface area contributed by atoms with Gasteiger partial charge in [0.15, 0.2) is 0 Å². The third-order valence-electron chi connectivity index (χ3n) is 6.08. The largest absolute Gasteiger partial charge is 0.468 e. The molecule has 0 bridgehead atoms. The fourth-order valence-electron chi connectivity index (χ4n) is 4.26. The van der Waals surface area contributed by atoms with E-state index >= 15 is 0 Å². The number of nitrogens with zero attached hydrogens (tertiary/aromatic N) is 3. The number of esters is 1. The first-order valence-corrected chi connectivity index (χ1v) is 9.89. The molecule has 3 rings (SSSR count). The molecule has 6 heteroatoms. The van der Waals surface area contributed by atoms with Gasteiger partial charge in [-0.15, -0.1) is 0 Å². The van der Waals surface area contributed by atoms with Crippen molar-refractivity contribution in [2.45, 2.75) is 31.3 Å². The van der Waals surface area contributed by atoms with Crippen LogP contribution in [0.25, 0.3) is 0 Å². The number of carbonyl (C=O) groups is 2. The minimum atomic E-state index is -0.850. The van der Waals surface area contributed by atoms with E-state index in [1.54, 1.807) is 11.1 Å². The molecule has 0 N–H and O–H groups in total. The van der Waals surface area contributed by atoms with Crippen molar-refractivity contribution in [3.63, 3.8) is 0 Å². The Hall–Kier alpha value is -2.73. The van der Waals surface area contributed by atoms with Crippen molar-refractivity contribution < 1.29 is 14.3 Å². The predicted molar refractivity (Wildman–Crippen MR) is 111 cm³/mol. The van der Waals surface area contributed by atoms with Crippen LogP contribution < -0.4 is 0 Å². The summed E-state index contributed by atoms with van der Waals surface area (Å²) in [6.07, 6.45) is 2.87. The lowest BCUT2D eigenvalue weighted by molar-refractivity contribution is -0.152.